The van der Waals surface area contributed by atoms with E-state index in [2.05, 4.69) is 123 Å². The number of amides is 4. The van der Waals surface area contributed by atoms with E-state index in [1.54, 1.807) is 55.0 Å². The quantitative estimate of drug-likeness (QED) is 0.0351. The molecule has 16 heteroatoms. The molecule has 0 aliphatic heterocycles. The zero-order valence-electron chi connectivity index (χ0n) is 46.6. The summed E-state index contributed by atoms with van der Waals surface area (Å²) >= 11 is 0. The van der Waals surface area contributed by atoms with Crippen LogP contribution >= 0.6 is 0 Å². The number of pyridine rings is 2. The molecular weight excluding hydrogens is 1000 g/mol. The molecule has 0 saturated carbocycles. The van der Waals surface area contributed by atoms with E-state index in [9.17, 15) is 29.4 Å². The van der Waals surface area contributed by atoms with Crippen LogP contribution in [0.25, 0.3) is 33.9 Å². The van der Waals surface area contributed by atoms with Crippen molar-refractivity contribution in [3.63, 3.8) is 0 Å². The second-order valence-electron chi connectivity index (χ2n) is 22.1. The molecule has 16 nitrogen and oxygen atoms in total. The molecule has 2 atom stereocenters. The second-order valence-corrected chi connectivity index (χ2v) is 22.1. The van der Waals surface area contributed by atoms with Crippen LogP contribution < -0.4 is 22.1 Å². The predicted octanol–water partition coefficient (Wildman–Crippen LogP) is 9.73. The van der Waals surface area contributed by atoms with Gasteiger partial charge in [-0.1, -0.05) is 90.1 Å². The van der Waals surface area contributed by atoms with Crippen LogP contribution in [0.3, 0.4) is 0 Å². The highest BCUT2D eigenvalue weighted by Crippen LogP contribution is 2.29. The Morgan fingerprint density at radius 1 is 0.537 bits per heavy atom. The number of aromatic nitrogens is 6. The van der Waals surface area contributed by atoms with Crippen LogP contribution in [0.1, 0.15) is 114 Å². The van der Waals surface area contributed by atoms with Crippen molar-refractivity contribution in [1.29, 1.82) is 0 Å². The summed E-state index contributed by atoms with van der Waals surface area (Å²) in [6.45, 7) is 13.2. The van der Waals surface area contributed by atoms with Crippen LogP contribution in [-0.4, -0.2) is 75.5 Å². The minimum atomic E-state index is -0.809. The Morgan fingerprint density at radius 2 is 0.988 bits per heavy atom. The lowest BCUT2D eigenvalue weighted by Gasteiger charge is -2.19. The number of nitrogens with one attached hydrogen (secondary N) is 2. The van der Waals surface area contributed by atoms with Gasteiger partial charge in [-0.3, -0.25) is 29.1 Å². The molecule has 0 aliphatic rings. The second kappa shape index (κ2) is 27.1. The van der Waals surface area contributed by atoms with Crippen molar-refractivity contribution < 1.29 is 29.4 Å². The highest BCUT2D eigenvalue weighted by atomic mass is 16.3. The maximum atomic E-state index is 12.6. The van der Waals surface area contributed by atoms with Crippen LogP contribution in [-0.2, 0) is 55.7 Å². The number of aryl methyl sites for hydroxylation is 2. The Morgan fingerprint density at radius 3 is 1.43 bits per heavy atom. The lowest BCUT2D eigenvalue weighted by Crippen LogP contribution is -2.45. The number of carbonyl (C=O) groups is 4. The van der Waals surface area contributed by atoms with E-state index in [0.29, 0.717) is 19.3 Å². The van der Waals surface area contributed by atoms with Crippen molar-refractivity contribution in [2.75, 3.05) is 0 Å². The number of benzene rings is 4. The zero-order valence-corrected chi connectivity index (χ0v) is 46.6. The first kappa shape index (κ1) is 58.8. The van der Waals surface area contributed by atoms with E-state index in [4.69, 9.17) is 21.7 Å². The van der Waals surface area contributed by atoms with Crippen LogP contribution in [0.15, 0.2) is 158 Å². The lowest BCUT2D eigenvalue weighted by atomic mass is 9.87. The molecule has 8 rings (SSSR count). The number of carbonyl (C=O) groups excluding carboxylic acids is 4. The van der Waals surface area contributed by atoms with Crippen molar-refractivity contribution >= 4 is 23.6 Å². The number of aromatic hydroxyl groups is 2. The van der Waals surface area contributed by atoms with E-state index in [1.807, 2.05) is 39.8 Å². The number of phenols is 2. The summed E-state index contributed by atoms with van der Waals surface area (Å²) < 4.78 is 3.92. The first-order chi connectivity index (χ1) is 38.2. The van der Waals surface area contributed by atoms with Gasteiger partial charge >= 0.3 is 0 Å². The molecule has 0 saturated heterocycles. The van der Waals surface area contributed by atoms with Gasteiger partial charge in [-0.05, 0) is 157 Å². The van der Waals surface area contributed by atoms with Crippen LogP contribution in [0.2, 0.25) is 0 Å². The molecule has 80 heavy (non-hydrogen) atoms. The molecule has 4 amide bonds. The number of hydrogen-bond acceptors (Lipinski definition) is 10. The molecule has 0 fully saturated rings. The van der Waals surface area contributed by atoms with Gasteiger partial charge in [0.05, 0.1) is 28.5 Å². The van der Waals surface area contributed by atoms with Crippen molar-refractivity contribution in [2.24, 2.45) is 11.5 Å². The molecule has 0 unspecified atom stereocenters. The van der Waals surface area contributed by atoms with Gasteiger partial charge in [-0.15, -0.1) is 0 Å². The van der Waals surface area contributed by atoms with E-state index >= 15 is 0 Å². The fourth-order valence-corrected chi connectivity index (χ4v) is 9.05. The van der Waals surface area contributed by atoms with Gasteiger partial charge < -0.3 is 32.3 Å². The summed E-state index contributed by atoms with van der Waals surface area (Å²) in [4.78, 5) is 57.5. The number of hydrogen-bond donors (Lipinski definition) is 6. The highest BCUT2D eigenvalue weighted by Gasteiger charge is 2.22. The average molecular weight is 1080 g/mol. The third-order valence-electron chi connectivity index (χ3n) is 13.7. The number of nitrogens with zero attached hydrogens (tertiary/aromatic N) is 6. The van der Waals surface area contributed by atoms with Gasteiger partial charge in [-0.25, -0.2) is 9.36 Å². The molecule has 4 aromatic carbocycles. The summed E-state index contributed by atoms with van der Waals surface area (Å²) in [6, 6.07) is 40.3. The van der Waals surface area contributed by atoms with Crippen molar-refractivity contribution in [1.82, 2.24) is 40.2 Å². The molecule has 8 N–H and O–H groups in total. The molecule has 4 heterocycles. The largest absolute Gasteiger partial charge is 0.508 e. The topological polar surface area (TPSA) is 246 Å². The Balaban J connectivity index is 0.000000231. The van der Waals surface area contributed by atoms with Gasteiger partial charge in [0, 0.05) is 67.3 Å². The molecule has 416 valence electrons. The predicted molar refractivity (Wildman–Crippen MR) is 312 cm³/mol. The third kappa shape index (κ3) is 17.0. The summed E-state index contributed by atoms with van der Waals surface area (Å²) in [5.74, 6) is -1.34. The maximum Gasteiger partial charge on any atom is 0.240 e. The normalized spacial score (nSPS) is 12.2. The van der Waals surface area contributed by atoms with E-state index in [0.717, 1.165) is 75.7 Å². The SMILES string of the molecule is CC(C)(C)c1ccc(-n2nc(-c3cccnc3)cc2CCCCC(=O)N[C@@H](Cc2ccc(O)cc2)C(N)=O)cc1.CC(C)(C)c1ccc(-n2nc(CCCCC(=O)N[C@@H](Cc3ccc(O)cc3)C(N)=O)cc2-c2cccnc2)cc1. The molecule has 0 radical (unpaired) electrons. The van der Waals surface area contributed by atoms with Gasteiger partial charge in [0.15, 0.2) is 0 Å². The average Bonchev–Trinajstić information content (AvgIpc) is 4.16. The van der Waals surface area contributed by atoms with Gasteiger partial charge in [0.2, 0.25) is 23.6 Å². The van der Waals surface area contributed by atoms with Gasteiger partial charge in [0.1, 0.15) is 23.6 Å². The van der Waals surface area contributed by atoms with Crippen LogP contribution in [0.5, 0.6) is 11.5 Å². The first-order valence-electron chi connectivity index (χ1n) is 27.1. The van der Waals surface area contributed by atoms with E-state index in [-0.39, 0.29) is 59.8 Å². The number of phenolic OH excluding ortho intramolecular Hbond substituents is 2. The minimum Gasteiger partial charge on any atom is -0.508 e. The van der Waals surface area contributed by atoms with Gasteiger partial charge in [0.25, 0.3) is 0 Å². The molecular formula is C64H74N10O6. The van der Waals surface area contributed by atoms with E-state index in [1.165, 1.54) is 23.3 Å². The zero-order chi connectivity index (χ0) is 57.4. The molecule has 0 spiro atoms. The van der Waals surface area contributed by atoms with Gasteiger partial charge in [-0.2, -0.15) is 10.2 Å². The highest BCUT2D eigenvalue weighted by molar-refractivity contribution is 5.87. The monoisotopic (exact) mass is 1080 g/mol. The summed E-state index contributed by atoms with van der Waals surface area (Å²) in [5, 5.41) is 34.2. The van der Waals surface area contributed by atoms with Crippen LogP contribution in [0, 0.1) is 0 Å². The Bertz CT molecular complexity index is 3290. The van der Waals surface area contributed by atoms with Crippen LogP contribution in [0.4, 0.5) is 0 Å². The summed E-state index contributed by atoms with van der Waals surface area (Å²) in [5.41, 5.74) is 22.9. The number of rotatable bonds is 22. The maximum absolute atomic E-state index is 12.6. The van der Waals surface area contributed by atoms with Crippen molar-refractivity contribution in [3.8, 4) is 45.4 Å². The fraction of sp³-hybridized carbons (Fsp3) is 0.312. The summed E-state index contributed by atoms with van der Waals surface area (Å²) in [7, 11) is 0. The Hall–Kier alpha value is -8.92. The smallest absolute Gasteiger partial charge is 0.240 e. The molecule has 8 aromatic rings. The standard InChI is InChI=1S/2C32H37N5O3/c1-32(2,3)24-12-14-25(15-13-24)37-26(20-28(36-37)23-7-6-18-34-21-23)8-4-5-9-30(39)35-29(31(33)40)19-22-10-16-27(38)17-11-22;1-32(2,3)24-12-14-26(15-13-24)37-29(23-7-6-18-34-21-23)20-25(36-37)8-4-5-9-30(39)35-28(31(33)40)19-22-10-16-27(38)17-11-22/h6-7,10-18,20-21,29,38H,4-5,8-9,19H2,1-3H3,(H2,33,40)(H,35,39);6-7,10-18,20-21,28,38H,4-5,8-9,19H2,1-3H3,(H2,33,40)(H,35,39)/t29-;28-/m00/s1. The molecule has 4 aromatic heterocycles. The first-order valence-corrected chi connectivity index (χ1v) is 27.1. The molecule has 0 aliphatic carbocycles. The summed E-state index contributed by atoms with van der Waals surface area (Å²) in [6.07, 6.45) is 12.5. The fourth-order valence-electron chi connectivity index (χ4n) is 9.05. The Kier molecular flexibility index (Phi) is 19.9. The number of unbranched alkanes of at least 4 members (excludes halogenated alkanes) is 2. The van der Waals surface area contributed by atoms with E-state index < -0.39 is 23.9 Å². The lowest BCUT2D eigenvalue weighted by molar-refractivity contribution is -0.127. The molecule has 0 bridgehead atoms. The third-order valence-corrected chi connectivity index (χ3v) is 13.7. The minimum absolute atomic E-state index is 0.0600. The van der Waals surface area contributed by atoms with Crippen molar-refractivity contribution in [3.05, 3.63) is 192 Å². The number of nitrogens with two attached hydrogens (primary N) is 2. The van der Waals surface area contributed by atoms with Crippen molar-refractivity contribution in [2.45, 2.75) is 129 Å². The number of primary amides is 2. The Labute approximate surface area is 468 Å².